The number of carbonyl (C=O) groups excluding carboxylic acids is 2. The third-order valence-electron chi connectivity index (χ3n) is 7.72. The van der Waals surface area contributed by atoms with Gasteiger partial charge in [0, 0.05) is 45.9 Å². The molecule has 42 heavy (non-hydrogen) atoms. The minimum Gasteiger partial charge on any atom is -0.488 e. The Balaban J connectivity index is 1.71. The van der Waals surface area contributed by atoms with E-state index in [0.29, 0.717) is 52.8 Å². The highest BCUT2D eigenvalue weighted by Crippen LogP contribution is 2.49. The van der Waals surface area contributed by atoms with Gasteiger partial charge in [-0.25, -0.2) is 4.39 Å². The van der Waals surface area contributed by atoms with Gasteiger partial charge in [0.1, 0.15) is 18.5 Å². The van der Waals surface area contributed by atoms with E-state index in [9.17, 15) is 23.9 Å². The number of amides is 1. The molecular weight excluding hydrogens is 584 g/mol. The predicted molar refractivity (Wildman–Crippen MR) is 156 cm³/mol. The Morgan fingerprint density at radius 3 is 2.26 bits per heavy atom. The van der Waals surface area contributed by atoms with Crippen molar-refractivity contribution in [1.82, 2.24) is 4.90 Å². The van der Waals surface area contributed by atoms with Gasteiger partial charge in [-0.3, -0.25) is 14.4 Å². The smallest absolute Gasteiger partial charge is 0.305 e. The molecule has 2 aliphatic heterocycles. The molecule has 0 saturated carbocycles. The van der Waals surface area contributed by atoms with E-state index in [1.54, 1.807) is 67.6 Å². The van der Waals surface area contributed by atoms with Crippen LogP contribution in [0.15, 0.2) is 60.7 Å². The van der Waals surface area contributed by atoms with Crippen LogP contribution in [0.5, 0.6) is 5.75 Å². The molecule has 2 aliphatic rings. The second-order valence-corrected chi connectivity index (χ2v) is 11.5. The molecule has 1 amide bonds. The molecule has 1 unspecified atom stereocenters. The van der Waals surface area contributed by atoms with Gasteiger partial charge in [-0.1, -0.05) is 47.5 Å². The van der Waals surface area contributed by atoms with Crippen LogP contribution >= 0.6 is 23.2 Å². The largest absolute Gasteiger partial charge is 0.488 e. The van der Waals surface area contributed by atoms with Gasteiger partial charge in [0.05, 0.1) is 18.5 Å². The molecule has 10 heteroatoms. The van der Waals surface area contributed by atoms with E-state index in [2.05, 4.69) is 0 Å². The molecule has 3 aromatic rings. The highest BCUT2D eigenvalue weighted by Gasteiger charge is 2.45. The van der Waals surface area contributed by atoms with Crippen molar-refractivity contribution in [2.75, 3.05) is 19.9 Å². The van der Waals surface area contributed by atoms with E-state index in [4.69, 9.17) is 32.7 Å². The normalized spacial score (nSPS) is 18.4. The van der Waals surface area contributed by atoms with Crippen LogP contribution in [0.4, 0.5) is 4.39 Å². The average molecular weight is 614 g/mol. The minimum absolute atomic E-state index is 0.145. The number of carbonyl (C=O) groups is 3. The summed E-state index contributed by atoms with van der Waals surface area (Å²) in [7, 11) is 0. The molecule has 1 N–H and O–H groups in total. The third-order valence-corrected chi connectivity index (χ3v) is 8.23. The monoisotopic (exact) mass is 613 g/mol. The van der Waals surface area contributed by atoms with Crippen LogP contribution in [0, 0.1) is 5.92 Å². The van der Waals surface area contributed by atoms with Crippen LogP contribution in [0.2, 0.25) is 10.0 Å². The molecule has 3 atom stereocenters. The van der Waals surface area contributed by atoms with Crippen molar-refractivity contribution < 1.29 is 33.4 Å². The highest BCUT2D eigenvalue weighted by molar-refractivity contribution is 6.30. The number of halogens is 3. The first kappa shape index (κ1) is 30.0. The maximum absolute atomic E-state index is 14.4. The van der Waals surface area contributed by atoms with Crippen LogP contribution in [0.25, 0.3) is 0 Å². The van der Waals surface area contributed by atoms with Crippen LogP contribution in [-0.2, 0) is 9.53 Å². The number of carboxylic acids is 1. The Hall–Kier alpha value is -3.46. The van der Waals surface area contributed by atoms with Gasteiger partial charge in [-0.05, 0) is 67.3 Å². The summed E-state index contributed by atoms with van der Waals surface area (Å²) >= 11 is 12.3. The lowest BCUT2D eigenvalue weighted by Gasteiger charge is -2.34. The zero-order chi connectivity index (χ0) is 30.0. The SMILES string of the molecule is CC(CF)Oc1cc(C(=O)C2CCOCC2)cc2c1[C@@H](c1ccc(Cl)cc1)N([C@@H](CC(=O)O)c1ccc(Cl)cc1)C2=O. The van der Waals surface area contributed by atoms with Crippen molar-refractivity contribution >= 4 is 40.9 Å². The maximum Gasteiger partial charge on any atom is 0.305 e. The van der Waals surface area contributed by atoms with Crippen molar-refractivity contribution in [3.8, 4) is 5.75 Å². The van der Waals surface area contributed by atoms with E-state index in [1.165, 1.54) is 4.90 Å². The van der Waals surface area contributed by atoms with Gasteiger partial charge in [0.15, 0.2) is 5.78 Å². The van der Waals surface area contributed by atoms with Crippen molar-refractivity contribution in [2.24, 2.45) is 5.92 Å². The van der Waals surface area contributed by atoms with Crippen LogP contribution < -0.4 is 4.74 Å². The van der Waals surface area contributed by atoms with Crippen molar-refractivity contribution in [1.29, 1.82) is 0 Å². The van der Waals surface area contributed by atoms with Gasteiger partial charge in [-0.15, -0.1) is 0 Å². The molecule has 220 valence electrons. The Kier molecular flexibility index (Phi) is 9.16. The van der Waals surface area contributed by atoms with E-state index in [1.807, 2.05) is 0 Å². The van der Waals surface area contributed by atoms with Gasteiger partial charge < -0.3 is 19.5 Å². The van der Waals surface area contributed by atoms with Gasteiger partial charge >= 0.3 is 5.97 Å². The number of hydrogen-bond acceptors (Lipinski definition) is 5. The number of carboxylic acid groups (broad SMARTS) is 1. The number of ether oxygens (including phenoxy) is 2. The fourth-order valence-corrected chi connectivity index (χ4v) is 5.94. The Labute approximate surface area is 253 Å². The standard InChI is InChI=1S/C32H30Cl2FNO6/c1-18(17-35)42-27-15-22(31(39)21-10-12-41-13-11-21)14-25-29(27)30(20-4-8-24(34)9-5-20)36(32(25)40)26(16-28(37)38)19-2-6-23(33)7-3-19/h2-9,14-15,18,21,26,30H,10-13,16-17H2,1H3,(H,37,38)/t18?,26-,30+/m0/s1. The lowest BCUT2D eigenvalue weighted by molar-refractivity contribution is -0.138. The van der Waals surface area contributed by atoms with Gasteiger partial charge in [0.2, 0.25) is 0 Å². The first-order valence-corrected chi connectivity index (χ1v) is 14.5. The first-order valence-electron chi connectivity index (χ1n) is 13.8. The molecule has 1 fully saturated rings. The summed E-state index contributed by atoms with van der Waals surface area (Å²) in [5.74, 6) is -1.80. The molecule has 5 rings (SSSR count). The molecule has 0 aliphatic carbocycles. The topological polar surface area (TPSA) is 93.1 Å². The number of Topliss-reactive ketones (excluding diaryl/α,β-unsaturated/α-hetero) is 1. The number of hydrogen-bond donors (Lipinski definition) is 1. The van der Waals surface area contributed by atoms with E-state index >= 15 is 0 Å². The Morgan fingerprint density at radius 1 is 1.05 bits per heavy atom. The zero-order valence-electron chi connectivity index (χ0n) is 22.9. The number of nitrogens with zero attached hydrogens (tertiary/aromatic N) is 1. The van der Waals surface area contributed by atoms with Crippen molar-refractivity contribution in [3.63, 3.8) is 0 Å². The predicted octanol–water partition coefficient (Wildman–Crippen LogP) is 7.10. The molecule has 0 spiro atoms. The summed E-state index contributed by atoms with van der Waals surface area (Å²) in [5.41, 5.74) is 2.15. The van der Waals surface area contributed by atoms with E-state index in [-0.39, 0.29) is 28.6 Å². The summed E-state index contributed by atoms with van der Waals surface area (Å²) in [6.45, 7) is 1.70. The second-order valence-electron chi connectivity index (χ2n) is 10.6. The molecule has 2 heterocycles. The molecule has 7 nitrogen and oxygen atoms in total. The molecule has 0 aromatic heterocycles. The summed E-state index contributed by atoms with van der Waals surface area (Å²) in [5, 5.41) is 10.9. The molecule has 1 saturated heterocycles. The maximum atomic E-state index is 14.4. The number of fused-ring (bicyclic) bond motifs is 1. The number of alkyl halides is 1. The average Bonchev–Trinajstić information content (AvgIpc) is 3.28. The zero-order valence-corrected chi connectivity index (χ0v) is 24.4. The van der Waals surface area contributed by atoms with Gasteiger partial charge in [0.25, 0.3) is 5.91 Å². The number of ketones is 1. The number of rotatable bonds is 10. The second kappa shape index (κ2) is 12.8. The van der Waals surface area contributed by atoms with Crippen LogP contribution in [0.1, 0.15) is 75.7 Å². The van der Waals surface area contributed by atoms with Crippen LogP contribution in [-0.4, -0.2) is 53.7 Å². The van der Waals surface area contributed by atoms with Crippen molar-refractivity contribution in [2.45, 2.75) is 44.4 Å². The summed E-state index contributed by atoms with van der Waals surface area (Å²) < 4.78 is 25.2. The summed E-state index contributed by atoms with van der Waals surface area (Å²) in [6.07, 6.45) is -0.144. The van der Waals surface area contributed by atoms with Crippen LogP contribution in [0.3, 0.4) is 0 Å². The summed E-state index contributed by atoms with van der Waals surface area (Å²) in [4.78, 5) is 41.6. The van der Waals surface area contributed by atoms with E-state index in [0.717, 1.165) is 0 Å². The first-order chi connectivity index (χ1) is 20.2. The fourth-order valence-electron chi connectivity index (χ4n) is 5.69. The molecule has 0 radical (unpaired) electrons. The number of aliphatic carboxylic acids is 1. The van der Waals surface area contributed by atoms with Gasteiger partial charge in [-0.2, -0.15) is 0 Å². The third kappa shape index (κ3) is 6.16. The Bertz CT molecular complexity index is 1470. The number of benzene rings is 3. The lowest BCUT2D eigenvalue weighted by atomic mass is 9.88. The molecular formula is C32H30Cl2FNO6. The van der Waals surface area contributed by atoms with Crippen molar-refractivity contribution in [3.05, 3.63) is 98.5 Å². The van der Waals surface area contributed by atoms with E-state index < -0.39 is 43.2 Å². The Morgan fingerprint density at radius 2 is 1.67 bits per heavy atom. The minimum atomic E-state index is -1.11. The molecule has 0 bridgehead atoms. The highest BCUT2D eigenvalue weighted by atomic mass is 35.5. The quantitative estimate of drug-likeness (QED) is 0.245. The lowest BCUT2D eigenvalue weighted by Crippen LogP contribution is -2.34. The fraction of sp³-hybridized carbons (Fsp3) is 0.344. The summed E-state index contributed by atoms with van der Waals surface area (Å²) in [6, 6.07) is 15.0. The molecule has 3 aromatic carbocycles.